The third kappa shape index (κ3) is 4.45. The first-order valence-corrected chi connectivity index (χ1v) is 7.38. The van der Waals surface area contributed by atoms with E-state index in [9.17, 15) is 9.59 Å². The van der Waals surface area contributed by atoms with Gasteiger partial charge < -0.3 is 16.0 Å². The number of carbonyl (C=O) groups is 2. The number of carbonyl (C=O) groups excluding carboxylic acids is 2. The van der Waals surface area contributed by atoms with Crippen LogP contribution < -0.4 is 11.1 Å². The van der Waals surface area contributed by atoms with E-state index in [2.05, 4.69) is 15.5 Å². The number of nitrogens with zero attached hydrogens (tertiary/aromatic N) is 3. The van der Waals surface area contributed by atoms with Crippen molar-refractivity contribution < 1.29 is 9.59 Å². The largest absolute Gasteiger partial charge is 0.382 e. The fourth-order valence-electron chi connectivity index (χ4n) is 2.39. The smallest absolute Gasteiger partial charge is 0.272 e. The molecule has 0 atom stereocenters. The molecule has 0 radical (unpaired) electrons. The number of aromatic amines is 1. The number of nitrogens with one attached hydrogen (secondary N) is 2. The molecule has 1 saturated heterocycles. The Hall–Kier alpha value is -2.09. The van der Waals surface area contributed by atoms with E-state index in [0.717, 1.165) is 0 Å². The van der Waals surface area contributed by atoms with Gasteiger partial charge in [-0.25, -0.2) is 0 Å². The van der Waals surface area contributed by atoms with Crippen LogP contribution in [0.25, 0.3) is 0 Å². The van der Waals surface area contributed by atoms with Gasteiger partial charge in [0.15, 0.2) is 0 Å². The summed E-state index contributed by atoms with van der Waals surface area (Å²) in [4.78, 5) is 27.9. The van der Waals surface area contributed by atoms with Gasteiger partial charge in [0.2, 0.25) is 5.91 Å². The second-order valence-electron chi connectivity index (χ2n) is 6.57. The van der Waals surface area contributed by atoms with Gasteiger partial charge in [-0.15, -0.1) is 0 Å². The summed E-state index contributed by atoms with van der Waals surface area (Å²) in [7, 11) is 0. The molecule has 0 saturated carbocycles. The van der Waals surface area contributed by atoms with Gasteiger partial charge >= 0.3 is 0 Å². The van der Waals surface area contributed by atoms with Crippen LogP contribution in [-0.2, 0) is 4.79 Å². The lowest BCUT2D eigenvalue weighted by Crippen LogP contribution is -2.52. The topological polar surface area (TPSA) is 107 Å². The molecule has 1 aromatic heterocycles. The van der Waals surface area contributed by atoms with Crippen molar-refractivity contribution in [3.63, 3.8) is 0 Å². The van der Waals surface area contributed by atoms with E-state index in [1.54, 1.807) is 4.90 Å². The van der Waals surface area contributed by atoms with Gasteiger partial charge in [-0.1, -0.05) is 0 Å². The molecule has 122 valence electrons. The fourth-order valence-corrected chi connectivity index (χ4v) is 2.39. The molecule has 2 heterocycles. The Bertz CT molecular complexity index is 540. The average Bonchev–Trinajstić information content (AvgIpc) is 2.83. The van der Waals surface area contributed by atoms with Crippen molar-refractivity contribution in [3.8, 4) is 0 Å². The number of hydrogen-bond donors (Lipinski definition) is 3. The fraction of sp³-hybridized carbons (Fsp3) is 0.643. The Morgan fingerprint density at radius 1 is 1.32 bits per heavy atom. The van der Waals surface area contributed by atoms with Crippen molar-refractivity contribution in [2.24, 2.45) is 0 Å². The molecule has 4 N–H and O–H groups in total. The highest BCUT2D eigenvalue weighted by Gasteiger charge is 2.25. The van der Waals surface area contributed by atoms with Gasteiger partial charge in [0.05, 0.1) is 6.54 Å². The molecule has 0 aromatic carbocycles. The van der Waals surface area contributed by atoms with Gasteiger partial charge in [0.1, 0.15) is 11.5 Å². The molecular formula is C14H24N6O2. The van der Waals surface area contributed by atoms with E-state index >= 15 is 0 Å². The highest BCUT2D eigenvalue weighted by molar-refractivity contribution is 5.93. The molecule has 1 aromatic rings. The minimum atomic E-state index is -0.227. The lowest BCUT2D eigenvalue weighted by atomic mass is 10.1. The Morgan fingerprint density at radius 3 is 2.45 bits per heavy atom. The molecular weight excluding hydrogens is 284 g/mol. The maximum absolute atomic E-state index is 12.2. The number of nitrogens with two attached hydrogens (primary N) is 1. The van der Waals surface area contributed by atoms with Crippen LogP contribution in [0, 0.1) is 0 Å². The van der Waals surface area contributed by atoms with Crippen molar-refractivity contribution in [1.82, 2.24) is 25.3 Å². The first-order chi connectivity index (χ1) is 10.2. The Morgan fingerprint density at radius 2 is 1.95 bits per heavy atom. The van der Waals surface area contributed by atoms with Crippen LogP contribution in [0.5, 0.6) is 0 Å². The maximum Gasteiger partial charge on any atom is 0.272 e. The van der Waals surface area contributed by atoms with Crippen LogP contribution in [0.15, 0.2) is 6.07 Å². The standard InChI is InChI=1S/C14H24N6O2/c1-14(2,3)16-12(21)9-19-4-6-20(7-5-19)13(22)10-8-11(15)18-17-10/h8H,4-7,9H2,1-3H3,(H,16,21)(H3,15,17,18). The van der Waals surface area contributed by atoms with Crippen molar-refractivity contribution in [3.05, 3.63) is 11.8 Å². The first-order valence-electron chi connectivity index (χ1n) is 7.38. The van der Waals surface area contributed by atoms with Crippen LogP contribution >= 0.6 is 0 Å². The molecule has 22 heavy (non-hydrogen) atoms. The van der Waals surface area contributed by atoms with E-state index in [-0.39, 0.29) is 17.4 Å². The molecule has 2 rings (SSSR count). The predicted molar refractivity (Wildman–Crippen MR) is 83.2 cm³/mol. The van der Waals surface area contributed by atoms with E-state index in [1.807, 2.05) is 25.7 Å². The van der Waals surface area contributed by atoms with Gasteiger partial charge in [0.25, 0.3) is 5.91 Å². The average molecular weight is 308 g/mol. The third-order valence-corrected chi connectivity index (χ3v) is 3.37. The SMILES string of the molecule is CC(C)(C)NC(=O)CN1CCN(C(=O)c2cc(N)n[nH]2)CC1. The lowest BCUT2D eigenvalue weighted by Gasteiger charge is -2.34. The summed E-state index contributed by atoms with van der Waals surface area (Å²) in [6.45, 7) is 8.74. The van der Waals surface area contributed by atoms with Crippen molar-refractivity contribution in [2.75, 3.05) is 38.5 Å². The molecule has 8 nitrogen and oxygen atoms in total. The molecule has 1 aliphatic rings. The molecule has 0 spiro atoms. The molecule has 1 fully saturated rings. The normalized spacial score (nSPS) is 16.6. The molecule has 1 aliphatic heterocycles. The third-order valence-electron chi connectivity index (χ3n) is 3.37. The van der Waals surface area contributed by atoms with Crippen LogP contribution in [-0.4, -0.2) is 70.1 Å². The second-order valence-corrected chi connectivity index (χ2v) is 6.57. The zero-order valence-electron chi connectivity index (χ0n) is 13.3. The number of rotatable bonds is 3. The van der Waals surface area contributed by atoms with E-state index in [4.69, 9.17) is 5.73 Å². The monoisotopic (exact) mass is 308 g/mol. The second kappa shape index (κ2) is 6.35. The quantitative estimate of drug-likeness (QED) is 0.708. The van der Waals surface area contributed by atoms with Crippen molar-refractivity contribution in [2.45, 2.75) is 26.3 Å². The van der Waals surface area contributed by atoms with E-state index < -0.39 is 0 Å². The Balaban J connectivity index is 1.80. The summed E-state index contributed by atoms with van der Waals surface area (Å²) in [5.41, 5.74) is 5.68. The van der Waals surface area contributed by atoms with E-state index in [1.165, 1.54) is 6.07 Å². The van der Waals surface area contributed by atoms with Crippen LogP contribution in [0.3, 0.4) is 0 Å². The number of aromatic nitrogens is 2. The highest BCUT2D eigenvalue weighted by Crippen LogP contribution is 2.09. The zero-order valence-corrected chi connectivity index (χ0v) is 13.3. The van der Waals surface area contributed by atoms with Crippen LogP contribution in [0.1, 0.15) is 31.3 Å². The summed E-state index contributed by atoms with van der Waals surface area (Å²) in [5.74, 6) is 0.206. The highest BCUT2D eigenvalue weighted by atomic mass is 16.2. The van der Waals surface area contributed by atoms with Crippen molar-refractivity contribution in [1.29, 1.82) is 0 Å². The summed E-state index contributed by atoms with van der Waals surface area (Å²) in [5, 5.41) is 9.33. The Kier molecular flexibility index (Phi) is 4.70. The summed E-state index contributed by atoms with van der Waals surface area (Å²) < 4.78 is 0. The predicted octanol–water partition coefficient (Wildman–Crippen LogP) is -0.336. The number of piperazine rings is 1. The summed E-state index contributed by atoms with van der Waals surface area (Å²) >= 11 is 0. The molecule has 2 amide bonds. The molecule has 0 aliphatic carbocycles. The molecule has 0 bridgehead atoms. The number of amides is 2. The van der Waals surface area contributed by atoms with Crippen LogP contribution in [0.4, 0.5) is 5.82 Å². The maximum atomic E-state index is 12.2. The summed E-state index contributed by atoms with van der Waals surface area (Å²) in [6.07, 6.45) is 0. The minimum Gasteiger partial charge on any atom is -0.382 e. The number of hydrogen-bond acceptors (Lipinski definition) is 5. The number of nitrogen functional groups attached to an aromatic ring is 1. The van der Waals surface area contributed by atoms with Gasteiger partial charge in [-0.3, -0.25) is 19.6 Å². The minimum absolute atomic E-state index is 0.00798. The van der Waals surface area contributed by atoms with E-state index in [0.29, 0.717) is 44.2 Å². The van der Waals surface area contributed by atoms with Gasteiger partial charge in [-0.2, -0.15) is 5.10 Å². The zero-order chi connectivity index (χ0) is 16.3. The molecule has 8 heteroatoms. The van der Waals surface area contributed by atoms with Gasteiger partial charge in [-0.05, 0) is 20.8 Å². The van der Waals surface area contributed by atoms with Crippen molar-refractivity contribution >= 4 is 17.6 Å². The number of H-pyrrole nitrogens is 1. The Labute approximate surface area is 130 Å². The lowest BCUT2D eigenvalue weighted by molar-refractivity contribution is -0.124. The molecule has 0 unspecified atom stereocenters. The van der Waals surface area contributed by atoms with Crippen LogP contribution in [0.2, 0.25) is 0 Å². The summed E-state index contributed by atoms with van der Waals surface area (Å²) in [6, 6.07) is 1.53. The first kappa shape index (κ1) is 16.3. The number of anilines is 1. The van der Waals surface area contributed by atoms with Gasteiger partial charge in [0, 0.05) is 37.8 Å².